The standard InChI is InChI=1S/C12H10N2O4/c1-7(15)9-6-13(2)12(16)8-4-3-5-10(11(8)9)14(17)18/h3-6H,1-2H3. The first-order chi connectivity index (χ1) is 8.43. The van der Waals surface area contributed by atoms with Crippen LogP contribution in [0.3, 0.4) is 0 Å². The Labute approximate surface area is 102 Å². The molecule has 6 nitrogen and oxygen atoms in total. The van der Waals surface area contributed by atoms with Gasteiger partial charge in [-0.2, -0.15) is 0 Å². The molecule has 2 rings (SSSR count). The van der Waals surface area contributed by atoms with Gasteiger partial charge in [-0.3, -0.25) is 19.7 Å². The summed E-state index contributed by atoms with van der Waals surface area (Å²) in [7, 11) is 1.51. The molecule has 0 N–H and O–H groups in total. The fourth-order valence-electron chi connectivity index (χ4n) is 1.93. The van der Waals surface area contributed by atoms with Crippen LogP contribution in [0.25, 0.3) is 10.8 Å². The second-order valence-corrected chi connectivity index (χ2v) is 3.97. The molecule has 0 fully saturated rings. The number of nitro benzene ring substituents is 1. The van der Waals surface area contributed by atoms with E-state index in [4.69, 9.17) is 0 Å². The zero-order valence-electron chi connectivity index (χ0n) is 9.84. The zero-order valence-corrected chi connectivity index (χ0v) is 9.84. The quantitative estimate of drug-likeness (QED) is 0.458. The summed E-state index contributed by atoms with van der Waals surface area (Å²) >= 11 is 0. The fraction of sp³-hybridized carbons (Fsp3) is 0.167. The molecule has 0 saturated carbocycles. The monoisotopic (exact) mass is 246 g/mol. The maximum atomic E-state index is 11.9. The molecule has 0 atom stereocenters. The fourth-order valence-corrected chi connectivity index (χ4v) is 1.93. The maximum absolute atomic E-state index is 11.9. The van der Waals surface area contributed by atoms with Gasteiger partial charge in [-0.1, -0.05) is 6.07 Å². The van der Waals surface area contributed by atoms with Gasteiger partial charge in [0.05, 0.1) is 15.7 Å². The molecule has 92 valence electrons. The largest absolute Gasteiger partial charge is 0.317 e. The summed E-state index contributed by atoms with van der Waals surface area (Å²) in [5, 5.41) is 11.3. The number of rotatable bonds is 2. The van der Waals surface area contributed by atoms with Crippen LogP contribution >= 0.6 is 0 Å². The van der Waals surface area contributed by atoms with Gasteiger partial charge in [0.2, 0.25) is 0 Å². The molecule has 0 spiro atoms. The van der Waals surface area contributed by atoms with Crippen LogP contribution in [0.1, 0.15) is 17.3 Å². The van der Waals surface area contributed by atoms with Gasteiger partial charge < -0.3 is 4.57 Å². The Morgan fingerprint density at radius 2 is 2.06 bits per heavy atom. The highest BCUT2D eigenvalue weighted by molar-refractivity contribution is 6.09. The second kappa shape index (κ2) is 4.06. The van der Waals surface area contributed by atoms with E-state index < -0.39 is 4.92 Å². The third-order valence-electron chi connectivity index (χ3n) is 2.76. The van der Waals surface area contributed by atoms with E-state index in [0.717, 1.165) is 0 Å². The van der Waals surface area contributed by atoms with Crippen LogP contribution in [0.5, 0.6) is 0 Å². The van der Waals surface area contributed by atoms with E-state index in [-0.39, 0.29) is 33.4 Å². The van der Waals surface area contributed by atoms with Crippen LogP contribution in [-0.4, -0.2) is 15.3 Å². The van der Waals surface area contributed by atoms with Crippen molar-refractivity contribution in [1.29, 1.82) is 0 Å². The van der Waals surface area contributed by atoms with Crippen molar-refractivity contribution in [3.05, 3.63) is 50.4 Å². The lowest BCUT2D eigenvalue weighted by Crippen LogP contribution is -2.18. The predicted octanol–water partition coefficient (Wildman–Crippen LogP) is 1.65. The number of benzene rings is 1. The number of fused-ring (bicyclic) bond motifs is 1. The van der Waals surface area contributed by atoms with Crippen molar-refractivity contribution in [2.75, 3.05) is 0 Å². The summed E-state index contributed by atoms with van der Waals surface area (Å²) in [6.45, 7) is 1.32. The Morgan fingerprint density at radius 3 is 2.61 bits per heavy atom. The first-order valence-corrected chi connectivity index (χ1v) is 5.21. The highest BCUT2D eigenvalue weighted by Gasteiger charge is 2.19. The number of nitrogens with zero attached hydrogens (tertiary/aromatic N) is 2. The number of nitro groups is 1. The third-order valence-corrected chi connectivity index (χ3v) is 2.76. The third kappa shape index (κ3) is 1.67. The Morgan fingerprint density at radius 1 is 1.39 bits per heavy atom. The molecule has 0 unspecified atom stereocenters. The van der Waals surface area contributed by atoms with Crippen molar-refractivity contribution in [1.82, 2.24) is 4.57 Å². The SMILES string of the molecule is CC(=O)c1cn(C)c(=O)c2cccc([N+](=O)[O-])c12. The number of Topliss-reactive ketones (excluding diaryl/α,β-unsaturated/α-hetero) is 1. The molecule has 0 amide bonds. The van der Waals surface area contributed by atoms with Gasteiger partial charge in [0.1, 0.15) is 0 Å². The number of hydrogen-bond donors (Lipinski definition) is 0. The van der Waals surface area contributed by atoms with Gasteiger partial charge in [0.25, 0.3) is 11.2 Å². The molecule has 0 aliphatic rings. The summed E-state index contributed by atoms with van der Waals surface area (Å²) in [6.07, 6.45) is 1.33. The molecule has 2 aromatic rings. The minimum absolute atomic E-state index is 0.109. The van der Waals surface area contributed by atoms with E-state index >= 15 is 0 Å². The topological polar surface area (TPSA) is 82.2 Å². The summed E-state index contributed by atoms with van der Waals surface area (Å²) in [4.78, 5) is 33.8. The molecule has 18 heavy (non-hydrogen) atoms. The zero-order chi connectivity index (χ0) is 13.4. The van der Waals surface area contributed by atoms with E-state index in [0.29, 0.717) is 0 Å². The number of carbonyl (C=O) groups excluding carboxylic acids is 1. The van der Waals surface area contributed by atoms with Gasteiger partial charge in [0, 0.05) is 24.9 Å². The molecule has 0 radical (unpaired) electrons. The second-order valence-electron chi connectivity index (χ2n) is 3.97. The van der Waals surface area contributed by atoms with Gasteiger partial charge >= 0.3 is 0 Å². The van der Waals surface area contributed by atoms with E-state index in [1.165, 1.54) is 42.9 Å². The molecule has 0 bridgehead atoms. The minimum atomic E-state index is -0.589. The lowest BCUT2D eigenvalue weighted by atomic mass is 10.0. The Balaban J connectivity index is 3.10. The molecule has 0 aliphatic heterocycles. The summed E-state index contributed by atoms with van der Waals surface area (Å²) in [5.41, 5.74) is -0.409. The first kappa shape index (κ1) is 12.0. The Hall–Kier alpha value is -2.50. The van der Waals surface area contributed by atoms with Crippen LogP contribution < -0.4 is 5.56 Å². The molecular formula is C12H10N2O4. The van der Waals surface area contributed by atoms with Crippen molar-refractivity contribution in [3.63, 3.8) is 0 Å². The van der Waals surface area contributed by atoms with Crippen molar-refractivity contribution in [2.45, 2.75) is 6.92 Å². The van der Waals surface area contributed by atoms with Crippen molar-refractivity contribution >= 4 is 22.2 Å². The predicted molar refractivity (Wildman–Crippen MR) is 65.8 cm³/mol. The smallest absolute Gasteiger partial charge is 0.278 e. The van der Waals surface area contributed by atoms with E-state index in [1.807, 2.05) is 0 Å². The van der Waals surface area contributed by atoms with Gasteiger partial charge in [-0.15, -0.1) is 0 Å². The van der Waals surface area contributed by atoms with E-state index in [1.54, 1.807) is 0 Å². The number of non-ortho nitro benzene ring substituents is 1. The number of hydrogen-bond acceptors (Lipinski definition) is 4. The van der Waals surface area contributed by atoms with Crippen molar-refractivity contribution < 1.29 is 9.72 Å². The molecule has 0 saturated heterocycles. The van der Waals surface area contributed by atoms with Gasteiger partial charge in [-0.25, -0.2) is 0 Å². The van der Waals surface area contributed by atoms with Crippen molar-refractivity contribution in [3.8, 4) is 0 Å². The van der Waals surface area contributed by atoms with Crippen LogP contribution in [0.4, 0.5) is 5.69 Å². The summed E-state index contributed by atoms with van der Waals surface area (Å²) in [6, 6.07) is 4.21. The first-order valence-electron chi connectivity index (χ1n) is 5.21. The lowest BCUT2D eigenvalue weighted by Gasteiger charge is -2.06. The highest BCUT2D eigenvalue weighted by atomic mass is 16.6. The lowest BCUT2D eigenvalue weighted by molar-refractivity contribution is -0.383. The molecule has 1 aromatic carbocycles. The number of ketones is 1. The average Bonchev–Trinajstić information content (AvgIpc) is 2.32. The van der Waals surface area contributed by atoms with Crippen LogP contribution in [0.2, 0.25) is 0 Å². The molecular weight excluding hydrogens is 236 g/mol. The molecule has 1 aromatic heterocycles. The normalized spacial score (nSPS) is 10.6. The van der Waals surface area contributed by atoms with Crippen LogP contribution in [0, 0.1) is 10.1 Å². The minimum Gasteiger partial charge on any atom is -0.317 e. The summed E-state index contributed by atoms with van der Waals surface area (Å²) in [5.74, 6) is -0.315. The van der Waals surface area contributed by atoms with Gasteiger partial charge in [-0.05, 0) is 13.0 Å². The average molecular weight is 246 g/mol. The van der Waals surface area contributed by atoms with E-state index in [2.05, 4.69) is 0 Å². The van der Waals surface area contributed by atoms with Gasteiger partial charge in [0.15, 0.2) is 5.78 Å². The number of carbonyl (C=O) groups is 1. The highest BCUT2D eigenvalue weighted by Crippen LogP contribution is 2.26. The Kier molecular flexibility index (Phi) is 2.70. The van der Waals surface area contributed by atoms with Crippen molar-refractivity contribution in [2.24, 2.45) is 7.05 Å². The van der Waals surface area contributed by atoms with Crippen LogP contribution in [0.15, 0.2) is 29.2 Å². The summed E-state index contributed by atoms with van der Waals surface area (Å²) < 4.78 is 1.25. The number of aromatic nitrogens is 1. The van der Waals surface area contributed by atoms with E-state index in [9.17, 15) is 19.7 Å². The molecule has 0 aliphatic carbocycles. The maximum Gasteiger partial charge on any atom is 0.278 e. The molecule has 6 heteroatoms. The van der Waals surface area contributed by atoms with Crippen LogP contribution in [-0.2, 0) is 7.05 Å². The Bertz CT molecular complexity index is 731. The number of aryl methyl sites for hydroxylation is 1. The molecule has 1 heterocycles. The number of pyridine rings is 1.